The van der Waals surface area contributed by atoms with E-state index in [9.17, 15) is 9.90 Å². The molecule has 30 heavy (non-hydrogen) atoms. The van der Waals surface area contributed by atoms with E-state index in [0.717, 1.165) is 44.0 Å². The normalized spacial score (nSPS) is 21.6. The Labute approximate surface area is 175 Å². The molecule has 2 saturated heterocycles. The molecule has 2 amide bonds. The van der Waals surface area contributed by atoms with E-state index in [-0.39, 0.29) is 23.9 Å². The lowest BCUT2D eigenvalue weighted by molar-refractivity contribution is 0.132. The number of piperidine rings is 1. The summed E-state index contributed by atoms with van der Waals surface area (Å²) in [7, 11) is 0. The van der Waals surface area contributed by atoms with E-state index in [1.165, 1.54) is 0 Å². The van der Waals surface area contributed by atoms with Crippen LogP contribution in [-0.4, -0.2) is 82.5 Å². The Morgan fingerprint density at radius 2 is 1.90 bits per heavy atom. The van der Waals surface area contributed by atoms with Gasteiger partial charge in [0.1, 0.15) is 5.75 Å². The minimum Gasteiger partial charge on any atom is -0.507 e. The van der Waals surface area contributed by atoms with E-state index < -0.39 is 0 Å². The first-order chi connectivity index (χ1) is 14.6. The van der Waals surface area contributed by atoms with Crippen LogP contribution >= 0.6 is 0 Å². The van der Waals surface area contributed by atoms with Crippen molar-refractivity contribution in [3.63, 3.8) is 0 Å². The number of hydrogen-bond donors (Lipinski definition) is 3. The van der Waals surface area contributed by atoms with E-state index in [1.54, 1.807) is 12.1 Å². The molecule has 2 fully saturated rings. The smallest absolute Gasteiger partial charge is 0.320 e. The number of nitrogens with one attached hydrogen (secondary N) is 1. The molecule has 9 nitrogen and oxygen atoms in total. The van der Waals surface area contributed by atoms with Crippen molar-refractivity contribution in [2.75, 3.05) is 49.5 Å². The molecule has 0 saturated carbocycles. The van der Waals surface area contributed by atoms with Crippen LogP contribution in [0.4, 0.5) is 16.3 Å². The van der Waals surface area contributed by atoms with E-state index in [4.69, 9.17) is 5.73 Å². The van der Waals surface area contributed by atoms with Crippen LogP contribution in [0.15, 0.2) is 30.3 Å². The summed E-state index contributed by atoms with van der Waals surface area (Å²) in [5.41, 5.74) is 8.24. The number of fused-ring (bicyclic) bond motifs is 3. The number of phenolic OH excluding ortho intramolecular Hbond substituents is 1. The van der Waals surface area contributed by atoms with Gasteiger partial charge in [-0.15, -0.1) is 10.2 Å². The Hall–Kier alpha value is -3.07. The molecule has 0 aliphatic carbocycles. The van der Waals surface area contributed by atoms with Crippen molar-refractivity contribution in [1.82, 2.24) is 20.0 Å². The highest BCUT2D eigenvalue weighted by Crippen LogP contribution is 2.36. The number of nitrogens with two attached hydrogens (primary N) is 1. The van der Waals surface area contributed by atoms with Crippen molar-refractivity contribution < 1.29 is 9.90 Å². The number of rotatable bonds is 1. The number of amides is 2. The van der Waals surface area contributed by atoms with Crippen molar-refractivity contribution in [2.45, 2.75) is 24.9 Å². The second kappa shape index (κ2) is 7.64. The van der Waals surface area contributed by atoms with Crippen molar-refractivity contribution in [2.24, 2.45) is 5.73 Å². The Bertz CT molecular complexity index is 945. The van der Waals surface area contributed by atoms with Gasteiger partial charge in [0, 0.05) is 50.9 Å². The highest BCUT2D eigenvalue weighted by atomic mass is 16.3. The molecule has 4 heterocycles. The summed E-state index contributed by atoms with van der Waals surface area (Å²) < 4.78 is 0. The number of aromatic nitrogens is 2. The molecule has 5 rings (SSSR count). The third kappa shape index (κ3) is 3.39. The lowest BCUT2D eigenvalue weighted by Crippen LogP contribution is -2.61. The molecule has 1 aromatic heterocycles. The summed E-state index contributed by atoms with van der Waals surface area (Å²) in [6.07, 6.45) is 1.75. The monoisotopic (exact) mass is 409 g/mol. The summed E-state index contributed by atoms with van der Waals surface area (Å²) in [5.74, 6) is 0.930. The highest BCUT2D eigenvalue weighted by Gasteiger charge is 2.36. The van der Waals surface area contributed by atoms with Gasteiger partial charge in [0.2, 0.25) is 0 Å². The fourth-order valence-electron chi connectivity index (χ4n) is 4.57. The van der Waals surface area contributed by atoms with Gasteiger partial charge in [-0.1, -0.05) is 12.1 Å². The highest BCUT2D eigenvalue weighted by molar-refractivity contribution is 5.78. The molecule has 3 aliphatic heterocycles. The van der Waals surface area contributed by atoms with Gasteiger partial charge in [0.15, 0.2) is 5.82 Å². The zero-order valence-electron chi connectivity index (χ0n) is 16.9. The molecule has 0 radical (unpaired) electrons. The molecular weight excluding hydrogens is 382 g/mol. The SMILES string of the molecule is NC1CCN(C(=O)N2CCN3c4cc(-c5ccccc5O)nnc4NC[C@H]3C2)CC1. The molecule has 9 heteroatoms. The number of para-hydroxylation sites is 1. The number of carbonyl (C=O) groups excluding carboxylic acids is 1. The van der Waals surface area contributed by atoms with Crippen LogP contribution in [0.3, 0.4) is 0 Å². The third-order valence-corrected chi connectivity index (χ3v) is 6.33. The van der Waals surface area contributed by atoms with Crippen LogP contribution in [0.2, 0.25) is 0 Å². The van der Waals surface area contributed by atoms with Crippen molar-refractivity contribution in [3.8, 4) is 17.0 Å². The summed E-state index contributed by atoms with van der Waals surface area (Å²) in [6, 6.07) is 9.61. The van der Waals surface area contributed by atoms with Crippen molar-refractivity contribution in [3.05, 3.63) is 30.3 Å². The standard InChI is InChI=1S/C21H27N7O2/c22-14-5-7-26(8-6-14)21(30)27-9-10-28-15(13-27)12-23-20-18(28)11-17(24-25-20)16-3-1-2-4-19(16)29/h1-4,11,14-15,29H,5-10,12-13,22H2,(H,23,25)/t15-/m0/s1. The molecule has 0 unspecified atom stereocenters. The van der Waals surface area contributed by atoms with E-state index in [1.807, 2.05) is 28.0 Å². The Morgan fingerprint density at radius 1 is 1.10 bits per heavy atom. The molecular formula is C21H27N7O2. The molecule has 3 aliphatic rings. The number of carbonyl (C=O) groups is 1. The maximum atomic E-state index is 13.0. The topological polar surface area (TPSA) is 111 Å². The van der Waals surface area contributed by atoms with Gasteiger partial charge in [-0.3, -0.25) is 0 Å². The largest absolute Gasteiger partial charge is 0.507 e. The average Bonchev–Trinajstić information content (AvgIpc) is 2.78. The number of hydrogen-bond acceptors (Lipinski definition) is 7. The number of anilines is 2. The lowest BCUT2D eigenvalue weighted by Gasteiger charge is -2.47. The lowest BCUT2D eigenvalue weighted by atomic mass is 10.0. The maximum absolute atomic E-state index is 13.0. The zero-order valence-corrected chi connectivity index (χ0v) is 16.9. The van der Waals surface area contributed by atoms with Crippen LogP contribution in [-0.2, 0) is 0 Å². The number of benzene rings is 1. The van der Waals surface area contributed by atoms with Gasteiger partial charge in [0.05, 0.1) is 17.4 Å². The van der Waals surface area contributed by atoms with Gasteiger partial charge in [0.25, 0.3) is 0 Å². The second-order valence-corrected chi connectivity index (χ2v) is 8.26. The van der Waals surface area contributed by atoms with Crippen LogP contribution in [0.25, 0.3) is 11.3 Å². The van der Waals surface area contributed by atoms with E-state index in [2.05, 4.69) is 20.4 Å². The van der Waals surface area contributed by atoms with Gasteiger partial charge in [-0.25, -0.2) is 4.79 Å². The fraction of sp³-hybridized carbons (Fsp3) is 0.476. The number of nitrogens with zero attached hydrogens (tertiary/aromatic N) is 5. The van der Waals surface area contributed by atoms with Crippen molar-refractivity contribution >= 4 is 17.5 Å². The molecule has 1 aromatic carbocycles. The third-order valence-electron chi connectivity index (χ3n) is 6.33. The Balaban J connectivity index is 1.34. The number of phenols is 1. The summed E-state index contributed by atoms with van der Waals surface area (Å²) in [5, 5.41) is 22.2. The predicted molar refractivity (Wildman–Crippen MR) is 115 cm³/mol. The van der Waals surface area contributed by atoms with Crippen LogP contribution in [0, 0.1) is 0 Å². The van der Waals surface area contributed by atoms with Gasteiger partial charge < -0.3 is 30.9 Å². The first-order valence-electron chi connectivity index (χ1n) is 10.6. The van der Waals surface area contributed by atoms with Gasteiger partial charge in [-0.05, 0) is 31.0 Å². The summed E-state index contributed by atoms with van der Waals surface area (Å²) >= 11 is 0. The molecule has 0 spiro atoms. The molecule has 0 bridgehead atoms. The van der Waals surface area contributed by atoms with Crippen LogP contribution in [0.5, 0.6) is 5.75 Å². The van der Waals surface area contributed by atoms with Gasteiger partial charge in [-0.2, -0.15) is 0 Å². The Kier molecular flexibility index (Phi) is 4.82. The number of urea groups is 1. The first kappa shape index (κ1) is 18.9. The van der Waals surface area contributed by atoms with E-state index >= 15 is 0 Å². The Morgan fingerprint density at radius 3 is 2.70 bits per heavy atom. The molecule has 1 atom stereocenters. The van der Waals surface area contributed by atoms with E-state index in [0.29, 0.717) is 30.9 Å². The fourth-order valence-corrected chi connectivity index (χ4v) is 4.57. The molecule has 2 aromatic rings. The second-order valence-electron chi connectivity index (χ2n) is 8.26. The minimum atomic E-state index is 0.120. The van der Waals surface area contributed by atoms with Gasteiger partial charge >= 0.3 is 6.03 Å². The summed E-state index contributed by atoms with van der Waals surface area (Å²) in [4.78, 5) is 19.2. The minimum absolute atomic E-state index is 0.120. The first-order valence-corrected chi connectivity index (χ1v) is 10.6. The predicted octanol–water partition coefficient (Wildman–Crippen LogP) is 1.31. The quantitative estimate of drug-likeness (QED) is 0.651. The number of likely N-dealkylation sites (tertiary alicyclic amines) is 1. The zero-order chi connectivity index (χ0) is 20.7. The van der Waals surface area contributed by atoms with Crippen molar-refractivity contribution in [1.29, 1.82) is 0 Å². The van der Waals surface area contributed by atoms with Crippen LogP contribution in [0.1, 0.15) is 12.8 Å². The maximum Gasteiger partial charge on any atom is 0.320 e. The van der Waals surface area contributed by atoms with Crippen LogP contribution < -0.4 is 16.0 Å². The summed E-state index contributed by atoms with van der Waals surface area (Å²) in [6.45, 7) is 4.28. The molecule has 4 N–H and O–H groups in total. The number of aromatic hydroxyl groups is 1. The number of piperazine rings is 1. The average molecular weight is 409 g/mol. The molecule has 158 valence electrons.